The fourth-order valence-corrected chi connectivity index (χ4v) is 2.16. The number of benzene rings is 2. The molecule has 1 N–H and O–H groups in total. The molecule has 7 heteroatoms. The largest absolute Gasteiger partial charge is 0.486 e. The number of allylic oxidation sites excluding steroid dienone is 1. The Kier molecular flexibility index (Phi) is 5.07. The number of aromatic nitrogens is 3. The molecule has 0 aliphatic rings. The molecule has 0 radical (unpaired) electrons. The number of nitriles is 1. The second-order valence-electron chi connectivity index (χ2n) is 5.07. The van der Waals surface area contributed by atoms with Crippen LogP contribution in [-0.2, 0) is 6.61 Å². The fourth-order valence-electron chi connectivity index (χ4n) is 2.04. The van der Waals surface area contributed by atoms with Gasteiger partial charge in [-0.05, 0) is 48.0 Å². The summed E-state index contributed by atoms with van der Waals surface area (Å²) in [6.07, 6.45) is 1.67. The Morgan fingerprint density at radius 1 is 1.20 bits per heavy atom. The zero-order valence-corrected chi connectivity index (χ0v) is 13.7. The van der Waals surface area contributed by atoms with Crippen LogP contribution in [0.25, 0.3) is 11.6 Å². The molecule has 1 aromatic heterocycles. The van der Waals surface area contributed by atoms with Crippen molar-refractivity contribution in [1.82, 2.24) is 15.2 Å². The summed E-state index contributed by atoms with van der Waals surface area (Å²) in [6.45, 7) is 0.123. The quantitative estimate of drug-likeness (QED) is 0.695. The second-order valence-corrected chi connectivity index (χ2v) is 5.51. The monoisotopic (exact) mass is 354 g/mol. The number of halogens is 2. The molecule has 2 aromatic carbocycles. The van der Waals surface area contributed by atoms with Gasteiger partial charge in [-0.1, -0.05) is 23.7 Å². The Morgan fingerprint density at radius 2 is 1.92 bits per heavy atom. The van der Waals surface area contributed by atoms with Gasteiger partial charge in [0.2, 0.25) is 0 Å². The molecule has 3 aromatic rings. The van der Waals surface area contributed by atoms with E-state index in [0.29, 0.717) is 22.2 Å². The Balaban J connectivity index is 1.71. The minimum absolute atomic E-state index is 0.123. The lowest BCUT2D eigenvalue weighted by Crippen LogP contribution is -1.97. The Bertz CT molecular complexity index is 927. The molecule has 0 unspecified atom stereocenters. The lowest BCUT2D eigenvalue weighted by atomic mass is 10.1. The van der Waals surface area contributed by atoms with E-state index in [1.165, 1.54) is 24.3 Å². The van der Waals surface area contributed by atoms with Crippen LogP contribution < -0.4 is 4.74 Å². The molecule has 0 saturated heterocycles. The van der Waals surface area contributed by atoms with Crippen molar-refractivity contribution in [3.63, 3.8) is 0 Å². The smallest absolute Gasteiger partial charge is 0.191 e. The van der Waals surface area contributed by atoms with E-state index in [2.05, 4.69) is 21.3 Å². The van der Waals surface area contributed by atoms with Crippen LogP contribution >= 0.6 is 11.6 Å². The number of hydrogen-bond acceptors (Lipinski definition) is 4. The summed E-state index contributed by atoms with van der Waals surface area (Å²) in [5.74, 6) is 0.906. The maximum atomic E-state index is 12.9. The number of hydrogen-bond donors (Lipinski definition) is 1. The van der Waals surface area contributed by atoms with Crippen LogP contribution in [0.5, 0.6) is 5.75 Å². The van der Waals surface area contributed by atoms with Crippen molar-refractivity contribution in [3.05, 3.63) is 76.6 Å². The van der Waals surface area contributed by atoms with Gasteiger partial charge in [-0.15, -0.1) is 0 Å². The molecule has 0 amide bonds. The second kappa shape index (κ2) is 7.60. The van der Waals surface area contributed by atoms with Gasteiger partial charge in [0, 0.05) is 5.02 Å². The number of rotatable bonds is 5. The lowest BCUT2D eigenvalue weighted by Gasteiger charge is -2.02. The molecule has 0 aliphatic carbocycles. The summed E-state index contributed by atoms with van der Waals surface area (Å²) < 4.78 is 18.3. The number of H-pyrrole nitrogens is 1. The van der Waals surface area contributed by atoms with Gasteiger partial charge in [-0.3, -0.25) is 5.10 Å². The molecule has 3 rings (SSSR count). The highest BCUT2D eigenvalue weighted by Crippen LogP contribution is 2.17. The predicted molar refractivity (Wildman–Crippen MR) is 92.1 cm³/mol. The van der Waals surface area contributed by atoms with Gasteiger partial charge in [0.15, 0.2) is 11.6 Å². The number of nitrogens with one attached hydrogen (secondary N) is 1. The van der Waals surface area contributed by atoms with Crippen LogP contribution in [0.2, 0.25) is 5.02 Å². The topological polar surface area (TPSA) is 74.6 Å². The summed E-state index contributed by atoms with van der Waals surface area (Å²) in [7, 11) is 0. The van der Waals surface area contributed by atoms with Gasteiger partial charge in [-0.2, -0.15) is 10.4 Å². The summed E-state index contributed by atoms with van der Waals surface area (Å²) >= 11 is 5.85. The van der Waals surface area contributed by atoms with E-state index in [4.69, 9.17) is 16.3 Å². The molecule has 124 valence electrons. The molecule has 1 heterocycles. The molecule has 0 spiro atoms. The van der Waals surface area contributed by atoms with E-state index >= 15 is 0 Å². The average molecular weight is 355 g/mol. The summed E-state index contributed by atoms with van der Waals surface area (Å²) in [4.78, 5) is 4.25. The molecule has 0 fully saturated rings. The van der Waals surface area contributed by atoms with Gasteiger partial charge in [-0.25, -0.2) is 9.37 Å². The molecule has 0 bridgehead atoms. The third-order valence-electron chi connectivity index (χ3n) is 3.26. The maximum Gasteiger partial charge on any atom is 0.191 e. The van der Waals surface area contributed by atoms with Crippen molar-refractivity contribution in [3.8, 4) is 11.8 Å². The fraction of sp³-hybridized carbons (Fsp3) is 0.0556. The van der Waals surface area contributed by atoms with Gasteiger partial charge in [0.25, 0.3) is 0 Å². The van der Waals surface area contributed by atoms with Crippen LogP contribution in [0, 0.1) is 17.1 Å². The van der Waals surface area contributed by atoms with Crippen molar-refractivity contribution < 1.29 is 9.13 Å². The summed E-state index contributed by atoms with van der Waals surface area (Å²) in [5, 5.41) is 16.7. The van der Waals surface area contributed by atoms with E-state index in [0.717, 1.165) is 5.56 Å². The van der Waals surface area contributed by atoms with Crippen molar-refractivity contribution in [2.24, 2.45) is 0 Å². The van der Waals surface area contributed by atoms with E-state index in [9.17, 15) is 9.65 Å². The Hall–Kier alpha value is -3.17. The zero-order valence-electron chi connectivity index (χ0n) is 12.9. The van der Waals surface area contributed by atoms with Crippen LogP contribution in [0.15, 0.2) is 48.5 Å². The number of aromatic amines is 1. The minimum Gasteiger partial charge on any atom is -0.486 e. The Morgan fingerprint density at radius 3 is 2.60 bits per heavy atom. The highest BCUT2D eigenvalue weighted by atomic mass is 35.5. The van der Waals surface area contributed by atoms with E-state index in [1.807, 2.05) is 0 Å². The summed E-state index contributed by atoms with van der Waals surface area (Å²) in [5.41, 5.74) is 1.13. The average Bonchev–Trinajstić information content (AvgIpc) is 3.09. The zero-order chi connectivity index (χ0) is 17.6. The molecule has 5 nitrogen and oxygen atoms in total. The SMILES string of the molecule is N#CC(=Cc1ccc(Cl)cc1)c1n[nH]c(COc2ccc(F)cc2)n1. The standard InChI is InChI=1S/C18H12ClFN4O/c19-14-3-1-12(2-4-14)9-13(10-21)18-22-17(23-24-18)11-25-16-7-5-15(20)6-8-16/h1-9H,11H2,(H,22,23,24). The minimum atomic E-state index is -0.333. The molecular weight excluding hydrogens is 343 g/mol. The van der Waals surface area contributed by atoms with Gasteiger partial charge in [0.1, 0.15) is 24.2 Å². The van der Waals surface area contributed by atoms with Crippen LogP contribution in [-0.4, -0.2) is 15.2 Å². The van der Waals surface area contributed by atoms with Crippen LogP contribution in [0.1, 0.15) is 17.2 Å². The van der Waals surface area contributed by atoms with E-state index in [-0.39, 0.29) is 18.2 Å². The molecule has 0 aliphatic heterocycles. The maximum absolute atomic E-state index is 12.9. The lowest BCUT2D eigenvalue weighted by molar-refractivity contribution is 0.296. The predicted octanol–water partition coefficient (Wildman–Crippen LogP) is 4.24. The third-order valence-corrected chi connectivity index (χ3v) is 3.52. The Labute approximate surface area is 148 Å². The van der Waals surface area contributed by atoms with Crippen LogP contribution in [0.3, 0.4) is 0 Å². The first-order valence-electron chi connectivity index (χ1n) is 7.31. The molecule has 25 heavy (non-hydrogen) atoms. The first kappa shape index (κ1) is 16.7. The molecule has 0 saturated carbocycles. The number of ether oxygens (including phenoxy) is 1. The molecular formula is C18H12ClFN4O. The third kappa shape index (κ3) is 4.43. The van der Waals surface area contributed by atoms with E-state index < -0.39 is 0 Å². The highest BCUT2D eigenvalue weighted by molar-refractivity contribution is 6.30. The van der Waals surface area contributed by atoms with Crippen molar-refractivity contribution in [2.75, 3.05) is 0 Å². The first-order chi connectivity index (χ1) is 12.1. The highest BCUT2D eigenvalue weighted by Gasteiger charge is 2.09. The normalized spacial score (nSPS) is 11.2. The molecule has 0 atom stereocenters. The summed E-state index contributed by atoms with van der Waals surface area (Å²) in [6, 6.07) is 14.8. The van der Waals surface area contributed by atoms with Crippen molar-refractivity contribution in [2.45, 2.75) is 6.61 Å². The van der Waals surface area contributed by atoms with Gasteiger partial charge in [0.05, 0.1) is 5.57 Å². The van der Waals surface area contributed by atoms with Crippen LogP contribution in [0.4, 0.5) is 4.39 Å². The van der Waals surface area contributed by atoms with Crippen molar-refractivity contribution in [1.29, 1.82) is 5.26 Å². The van der Waals surface area contributed by atoms with Gasteiger partial charge >= 0.3 is 0 Å². The van der Waals surface area contributed by atoms with Gasteiger partial charge < -0.3 is 4.74 Å². The van der Waals surface area contributed by atoms with Crippen molar-refractivity contribution >= 4 is 23.3 Å². The first-order valence-corrected chi connectivity index (χ1v) is 7.69. The number of nitrogens with zero attached hydrogens (tertiary/aromatic N) is 3. The van der Waals surface area contributed by atoms with E-state index in [1.54, 1.807) is 30.3 Å².